The number of nitrogens with one attached hydrogen (secondary N) is 1. The third-order valence-electron chi connectivity index (χ3n) is 4.97. The van der Waals surface area contributed by atoms with Gasteiger partial charge in [0.1, 0.15) is 0 Å². The Labute approximate surface area is 151 Å². The molecule has 1 aliphatic carbocycles. The van der Waals surface area contributed by atoms with Gasteiger partial charge in [0.25, 0.3) is 5.91 Å². The highest BCUT2D eigenvalue weighted by Gasteiger charge is 2.42. The smallest absolute Gasteiger partial charge is 0.251 e. The van der Waals surface area contributed by atoms with Crippen molar-refractivity contribution in [2.24, 2.45) is 0 Å². The quantitative estimate of drug-likeness (QED) is 0.758. The normalized spacial score (nSPS) is 21.8. The average molecular weight is 348 g/mol. The Morgan fingerprint density at radius 2 is 2.08 bits per heavy atom. The zero-order valence-corrected chi connectivity index (χ0v) is 14.4. The Morgan fingerprint density at radius 3 is 2.77 bits per heavy atom. The van der Waals surface area contributed by atoms with Crippen LogP contribution in [0.2, 0.25) is 0 Å². The molecule has 1 aliphatic rings. The molecule has 0 aliphatic heterocycles. The summed E-state index contributed by atoms with van der Waals surface area (Å²) in [5.74, 6) is -0.144. The van der Waals surface area contributed by atoms with Gasteiger partial charge in [-0.25, -0.2) is 0 Å². The van der Waals surface area contributed by atoms with Crippen LogP contribution in [0.5, 0.6) is 0 Å². The number of hydrogen-bond donors (Lipinski definition) is 2. The van der Waals surface area contributed by atoms with E-state index in [0.29, 0.717) is 12.0 Å². The molecule has 6 heteroatoms. The van der Waals surface area contributed by atoms with E-state index in [4.69, 9.17) is 0 Å². The summed E-state index contributed by atoms with van der Waals surface area (Å²) in [6.45, 7) is 1.93. The molecule has 3 aromatic rings. The first-order valence-corrected chi connectivity index (χ1v) is 8.64. The van der Waals surface area contributed by atoms with Gasteiger partial charge in [0, 0.05) is 29.7 Å². The van der Waals surface area contributed by atoms with E-state index >= 15 is 0 Å². The van der Waals surface area contributed by atoms with Crippen molar-refractivity contribution in [1.29, 1.82) is 0 Å². The first-order chi connectivity index (χ1) is 12.6. The molecule has 26 heavy (non-hydrogen) atoms. The van der Waals surface area contributed by atoms with Gasteiger partial charge in [0.15, 0.2) is 0 Å². The van der Waals surface area contributed by atoms with Crippen molar-refractivity contribution in [3.63, 3.8) is 0 Å². The molecular formula is C20H20N4O2. The minimum atomic E-state index is -0.499. The lowest BCUT2D eigenvalue weighted by atomic mass is 9.82. The zero-order valence-electron chi connectivity index (χ0n) is 14.4. The Balaban J connectivity index is 1.56. The van der Waals surface area contributed by atoms with Crippen LogP contribution in [-0.4, -0.2) is 37.9 Å². The number of aliphatic hydroxyl groups is 1. The van der Waals surface area contributed by atoms with Crippen LogP contribution in [0.1, 0.15) is 28.4 Å². The van der Waals surface area contributed by atoms with E-state index in [2.05, 4.69) is 15.4 Å². The SMILES string of the molecule is Cc1c(C(=O)N[C@H]2C[C@@H](O)[C@@H]2n2cccn2)cccc1-c1ccccn1. The maximum Gasteiger partial charge on any atom is 0.251 e. The van der Waals surface area contributed by atoms with Crippen LogP contribution in [0.3, 0.4) is 0 Å². The summed E-state index contributed by atoms with van der Waals surface area (Å²) in [6.07, 6.45) is 5.24. The van der Waals surface area contributed by atoms with E-state index in [1.165, 1.54) is 0 Å². The number of pyridine rings is 1. The summed E-state index contributed by atoms with van der Waals surface area (Å²) in [6, 6.07) is 12.8. The zero-order chi connectivity index (χ0) is 18.1. The molecule has 0 spiro atoms. The summed E-state index contributed by atoms with van der Waals surface area (Å²) >= 11 is 0. The second-order valence-electron chi connectivity index (χ2n) is 6.55. The van der Waals surface area contributed by atoms with E-state index in [1.807, 2.05) is 49.4 Å². The van der Waals surface area contributed by atoms with E-state index in [-0.39, 0.29) is 18.0 Å². The van der Waals surface area contributed by atoms with Gasteiger partial charge in [0.2, 0.25) is 0 Å². The van der Waals surface area contributed by atoms with Gasteiger partial charge in [-0.3, -0.25) is 14.5 Å². The number of benzene rings is 1. The van der Waals surface area contributed by atoms with Gasteiger partial charge in [-0.1, -0.05) is 18.2 Å². The minimum absolute atomic E-state index is 0.143. The molecule has 132 valence electrons. The average Bonchev–Trinajstić information content (AvgIpc) is 3.15. The van der Waals surface area contributed by atoms with Gasteiger partial charge in [-0.05, 0) is 43.2 Å². The molecule has 0 saturated heterocycles. The summed E-state index contributed by atoms with van der Waals surface area (Å²) in [5.41, 5.74) is 3.29. The first kappa shape index (κ1) is 16.5. The Kier molecular flexibility index (Phi) is 4.26. The highest BCUT2D eigenvalue weighted by atomic mass is 16.3. The molecule has 0 radical (unpaired) electrons. The largest absolute Gasteiger partial charge is 0.391 e. The standard InChI is InChI=1S/C20H20N4O2/c1-13-14(16-8-2-3-9-21-16)6-4-7-15(13)20(26)23-17-12-18(25)19(17)24-11-5-10-22-24/h2-11,17-19,25H,12H2,1H3,(H,23,26)/t17-,18+,19+/m0/s1. The van der Waals surface area contributed by atoms with Crippen molar-refractivity contribution in [2.45, 2.75) is 31.5 Å². The molecule has 2 aromatic heterocycles. The Bertz CT molecular complexity index is 909. The van der Waals surface area contributed by atoms with Crippen LogP contribution in [-0.2, 0) is 0 Å². The molecule has 2 heterocycles. The number of rotatable bonds is 4. The van der Waals surface area contributed by atoms with Crippen LogP contribution in [0.25, 0.3) is 11.3 Å². The van der Waals surface area contributed by atoms with E-state index in [0.717, 1.165) is 16.8 Å². The minimum Gasteiger partial charge on any atom is -0.391 e. The Hall–Kier alpha value is -2.99. The number of nitrogens with zero attached hydrogens (tertiary/aromatic N) is 3. The Morgan fingerprint density at radius 1 is 1.19 bits per heavy atom. The molecule has 1 fully saturated rings. The second kappa shape index (κ2) is 6.72. The van der Waals surface area contributed by atoms with Crippen molar-refractivity contribution >= 4 is 5.91 Å². The lowest BCUT2D eigenvalue weighted by Crippen LogP contribution is -2.56. The van der Waals surface area contributed by atoms with Gasteiger partial charge < -0.3 is 10.4 Å². The van der Waals surface area contributed by atoms with Gasteiger partial charge in [0.05, 0.1) is 23.9 Å². The first-order valence-electron chi connectivity index (χ1n) is 8.64. The highest BCUT2D eigenvalue weighted by Crippen LogP contribution is 2.33. The van der Waals surface area contributed by atoms with Crippen LogP contribution in [0.15, 0.2) is 61.1 Å². The third-order valence-corrected chi connectivity index (χ3v) is 4.97. The predicted molar refractivity (Wildman–Crippen MR) is 97.6 cm³/mol. The molecule has 0 unspecified atom stereocenters. The molecule has 2 N–H and O–H groups in total. The van der Waals surface area contributed by atoms with Crippen molar-refractivity contribution < 1.29 is 9.90 Å². The van der Waals surface area contributed by atoms with Crippen LogP contribution < -0.4 is 5.32 Å². The molecule has 1 aromatic carbocycles. The second-order valence-corrected chi connectivity index (χ2v) is 6.55. The summed E-state index contributed by atoms with van der Waals surface area (Å²) in [5, 5.41) is 17.3. The van der Waals surface area contributed by atoms with Crippen LogP contribution in [0, 0.1) is 6.92 Å². The van der Waals surface area contributed by atoms with Gasteiger partial charge in [-0.2, -0.15) is 5.10 Å². The topological polar surface area (TPSA) is 80.0 Å². The van der Waals surface area contributed by atoms with Gasteiger partial charge in [-0.15, -0.1) is 0 Å². The molecule has 3 atom stereocenters. The van der Waals surface area contributed by atoms with E-state index in [9.17, 15) is 9.90 Å². The number of amides is 1. The maximum atomic E-state index is 12.8. The predicted octanol–water partition coefficient (Wildman–Crippen LogP) is 2.36. The molecule has 0 bridgehead atoms. The number of aliphatic hydroxyl groups excluding tert-OH is 1. The van der Waals surface area contributed by atoms with Gasteiger partial charge >= 0.3 is 0 Å². The van der Waals surface area contributed by atoms with Crippen molar-refractivity contribution in [2.75, 3.05) is 0 Å². The summed E-state index contributed by atoms with van der Waals surface area (Å²) < 4.78 is 1.70. The lowest BCUT2D eigenvalue weighted by Gasteiger charge is -2.41. The molecule has 4 rings (SSSR count). The molecular weight excluding hydrogens is 328 g/mol. The lowest BCUT2D eigenvalue weighted by molar-refractivity contribution is -0.00588. The van der Waals surface area contributed by atoms with Crippen molar-refractivity contribution in [1.82, 2.24) is 20.1 Å². The maximum absolute atomic E-state index is 12.8. The molecule has 1 amide bonds. The van der Waals surface area contributed by atoms with E-state index < -0.39 is 6.10 Å². The number of carbonyl (C=O) groups excluding carboxylic acids is 1. The number of carbonyl (C=O) groups is 1. The number of aromatic nitrogens is 3. The third kappa shape index (κ3) is 2.88. The van der Waals surface area contributed by atoms with E-state index in [1.54, 1.807) is 23.3 Å². The van der Waals surface area contributed by atoms with Crippen LogP contribution >= 0.6 is 0 Å². The monoisotopic (exact) mass is 348 g/mol. The highest BCUT2D eigenvalue weighted by molar-refractivity contribution is 5.97. The van der Waals surface area contributed by atoms with Crippen LogP contribution in [0.4, 0.5) is 0 Å². The van der Waals surface area contributed by atoms with Crippen molar-refractivity contribution in [3.8, 4) is 11.3 Å². The number of hydrogen-bond acceptors (Lipinski definition) is 4. The summed E-state index contributed by atoms with van der Waals surface area (Å²) in [7, 11) is 0. The fraction of sp³-hybridized carbons (Fsp3) is 0.250. The molecule has 6 nitrogen and oxygen atoms in total. The summed E-state index contributed by atoms with van der Waals surface area (Å²) in [4.78, 5) is 17.2. The molecule has 1 saturated carbocycles. The van der Waals surface area contributed by atoms with Crippen molar-refractivity contribution in [3.05, 3.63) is 72.2 Å². The fourth-order valence-electron chi connectivity index (χ4n) is 3.50. The fourth-order valence-corrected chi connectivity index (χ4v) is 3.50.